The summed E-state index contributed by atoms with van der Waals surface area (Å²) >= 11 is 3.20. The third-order valence-electron chi connectivity index (χ3n) is 4.44. The number of carbonyl (C=O) groups excluding carboxylic acids is 3. The number of alkyl halides is 1. The quantitative estimate of drug-likeness (QED) is 0.395. The van der Waals surface area contributed by atoms with Gasteiger partial charge in [0, 0.05) is 0 Å². The van der Waals surface area contributed by atoms with E-state index in [2.05, 4.69) is 20.7 Å². The Morgan fingerprint density at radius 1 is 0.867 bits per heavy atom. The van der Waals surface area contributed by atoms with Gasteiger partial charge in [-0.05, 0) is 24.3 Å². The molecule has 0 bridgehead atoms. The summed E-state index contributed by atoms with van der Waals surface area (Å²) in [6.45, 7) is 0. The highest BCUT2D eigenvalue weighted by Gasteiger charge is 2.52. The van der Waals surface area contributed by atoms with Gasteiger partial charge in [-0.15, -0.1) is 0 Å². The van der Waals surface area contributed by atoms with Crippen molar-refractivity contribution in [2.75, 3.05) is 7.11 Å². The molecule has 2 aromatic rings. The predicted molar refractivity (Wildman–Crippen MR) is 107 cm³/mol. The minimum absolute atomic E-state index is 0.227. The van der Waals surface area contributed by atoms with Crippen LogP contribution in [0.3, 0.4) is 0 Å². The van der Waals surface area contributed by atoms with Crippen LogP contribution in [-0.4, -0.2) is 59.6 Å². The second kappa shape index (κ2) is 9.84. The second-order valence-electron chi connectivity index (χ2n) is 6.39. The molecule has 1 N–H and O–H groups in total. The summed E-state index contributed by atoms with van der Waals surface area (Å²) in [5.41, 5.74) is 0.486. The van der Waals surface area contributed by atoms with E-state index in [9.17, 15) is 19.5 Å². The number of methoxy groups -OCH3 is 1. The molecule has 0 unspecified atom stereocenters. The lowest BCUT2D eigenvalue weighted by molar-refractivity contribution is -0.210. The van der Waals surface area contributed by atoms with Crippen LogP contribution in [0.1, 0.15) is 20.7 Å². The van der Waals surface area contributed by atoms with Gasteiger partial charge in [0.25, 0.3) is 0 Å². The average molecular weight is 479 g/mol. The maximum Gasteiger partial charge on any atom is 0.338 e. The van der Waals surface area contributed by atoms with Gasteiger partial charge >= 0.3 is 17.9 Å². The van der Waals surface area contributed by atoms with Gasteiger partial charge in [-0.25, -0.2) is 14.4 Å². The molecule has 5 atom stereocenters. The number of hydrogen-bond acceptors (Lipinski definition) is 8. The average Bonchev–Trinajstić information content (AvgIpc) is 2.78. The zero-order chi connectivity index (χ0) is 21.7. The van der Waals surface area contributed by atoms with Gasteiger partial charge in [-0.1, -0.05) is 52.3 Å². The summed E-state index contributed by atoms with van der Waals surface area (Å²) in [4.78, 5) is 37.1. The fraction of sp³-hybridized carbons (Fsp3) is 0.286. The first-order valence-corrected chi connectivity index (χ1v) is 9.91. The Morgan fingerprint density at radius 3 is 1.80 bits per heavy atom. The van der Waals surface area contributed by atoms with E-state index < -0.39 is 47.3 Å². The Morgan fingerprint density at radius 2 is 1.33 bits per heavy atom. The van der Waals surface area contributed by atoms with Gasteiger partial charge in [-0.2, -0.15) is 0 Å². The van der Waals surface area contributed by atoms with Crippen molar-refractivity contribution in [1.29, 1.82) is 0 Å². The number of benzene rings is 2. The number of aliphatic hydroxyl groups excluding tert-OH is 1. The molecule has 3 rings (SSSR count). The van der Waals surface area contributed by atoms with Crippen molar-refractivity contribution in [3.63, 3.8) is 0 Å². The molecule has 1 aliphatic rings. The lowest BCUT2D eigenvalue weighted by Crippen LogP contribution is -2.60. The van der Waals surface area contributed by atoms with E-state index in [0.29, 0.717) is 0 Å². The fourth-order valence-corrected chi connectivity index (χ4v) is 3.56. The van der Waals surface area contributed by atoms with Crippen LogP contribution in [0.4, 0.5) is 0 Å². The lowest BCUT2D eigenvalue weighted by atomic mass is 9.99. The largest absolute Gasteiger partial charge is 0.467 e. The first-order valence-electron chi connectivity index (χ1n) is 9.00. The second-order valence-corrected chi connectivity index (χ2v) is 7.30. The lowest BCUT2D eigenvalue weighted by Gasteiger charge is -2.40. The van der Waals surface area contributed by atoms with Crippen LogP contribution < -0.4 is 0 Å². The summed E-state index contributed by atoms with van der Waals surface area (Å²) in [6, 6.07) is 16.2. The molecule has 1 fully saturated rings. The Hall–Kier alpha value is -2.75. The number of esters is 3. The maximum absolute atomic E-state index is 12.6. The third-order valence-corrected chi connectivity index (χ3v) is 5.18. The highest BCUT2D eigenvalue weighted by Crippen LogP contribution is 2.31. The van der Waals surface area contributed by atoms with E-state index in [1.54, 1.807) is 48.5 Å². The Balaban J connectivity index is 1.86. The number of rotatable bonds is 5. The molecule has 0 spiro atoms. The molecule has 9 heteroatoms. The van der Waals surface area contributed by atoms with Gasteiger partial charge in [0.2, 0.25) is 0 Å². The van der Waals surface area contributed by atoms with E-state index in [1.165, 1.54) is 12.1 Å². The minimum Gasteiger partial charge on any atom is -0.467 e. The highest BCUT2D eigenvalue weighted by molar-refractivity contribution is 9.09. The third kappa shape index (κ3) is 4.86. The van der Waals surface area contributed by atoms with Crippen molar-refractivity contribution in [3.8, 4) is 0 Å². The molecule has 0 aliphatic carbocycles. The molecule has 2 aromatic carbocycles. The predicted octanol–water partition coefficient (Wildman–Crippen LogP) is 2.09. The smallest absolute Gasteiger partial charge is 0.338 e. The van der Waals surface area contributed by atoms with Crippen molar-refractivity contribution in [2.45, 2.75) is 29.4 Å². The van der Waals surface area contributed by atoms with Crippen molar-refractivity contribution in [2.24, 2.45) is 0 Å². The number of carbonyl (C=O) groups is 3. The van der Waals surface area contributed by atoms with Crippen LogP contribution in [0.2, 0.25) is 0 Å². The first-order chi connectivity index (χ1) is 14.4. The standard InChI is InChI=1S/C21H19BrO8/c1-27-21(26)16-14(23)15(29-19(24)12-8-4-2-5-9-12)17(18(22)28-16)30-20(25)13-10-6-3-7-11-13/h2-11,14-18,23H,1H3/t14-,15-,16-,17+,18-/m0/s1. The number of ether oxygens (including phenoxy) is 4. The molecule has 30 heavy (non-hydrogen) atoms. The summed E-state index contributed by atoms with van der Waals surface area (Å²) in [5.74, 6) is -2.33. The minimum atomic E-state index is -1.63. The normalized spacial score (nSPS) is 25.8. The number of hydrogen-bond donors (Lipinski definition) is 1. The highest BCUT2D eigenvalue weighted by atomic mass is 79.9. The van der Waals surface area contributed by atoms with Crippen LogP contribution in [-0.2, 0) is 23.7 Å². The number of halogens is 1. The maximum atomic E-state index is 12.6. The first kappa shape index (κ1) is 21.9. The Kier molecular flexibility index (Phi) is 7.20. The summed E-state index contributed by atoms with van der Waals surface area (Å²) in [6.07, 6.45) is -5.71. The monoisotopic (exact) mass is 478 g/mol. The van der Waals surface area contributed by atoms with E-state index in [0.717, 1.165) is 7.11 Å². The summed E-state index contributed by atoms with van der Waals surface area (Å²) in [5, 5.41) is 9.63. The molecule has 1 heterocycles. The van der Waals surface area contributed by atoms with E-state index in [-0.39, 0.29) is 11.1 Å². The Labute approximate surface area is 180 Å². The molecule has 0 amide bonds. The van der Waals surface area contributed by atoms with Crippen molar-refractivity contribution >= 4 is 33.8 Å². The molecule has 8 nitrogen and oxygen atoms in total. The number of aliphatic hydroxyl groups is 1. The molecule has 1 aliphatic heterocycles. The topological polar surface area (TPSA) is 108 Å². The molecule has 0 radical (unpaired) electrons. The van der Waals surface area contributed by atoms with Crippen molar-refractivity contribution in [3.05, 3.63) is 71.8 Å². The van der Waals surface area contributed by atoms with E-state index in [1.807, 2.05) is 0 Å². The molecule has 0 saturated carbocycles. The molecule has 0 aromatic heterocycles. The van der Waals surface area contributed by atoms with Crippen LogP contribution in [0, 0.1) is 0 Å². The van der Waals surface area contributed by atoms with Gasteiger partial charge in [0.05, 0.1) is 18.2 Å². The van der Waals surface area contributed by atoms with Gasteiger partial charge in [0.1, 0.15) is 6.10 Å². The van der Waals surface area contributed by atoms with Gasteiger partial charge in [-0.3, -0.25) is 0 Å². The van der Waals surface area contributed by atoms with Crippen LogP contribution in [0.5, 0.6) is 0 Å². The van der Waals surface area contributed by atoms with Crippen molar-refractivity contribution in [1.82, 2.24) is 0 Å². The SMILES string of the molecule is COC(=O)[C@H]1O[C@H](Br)[C@H](OC(=O)c2ccccc2)[C@@H](OC(=O)c2ccccc2)[C@@H]1O. The molecule has 1 saturated heterocycles. The summed E-state index contributed by atoms with van der Waals surface area (Å²) in [7, 11) is 1.13. The van der Waals surface area contributed by atoms with E-state index in [4.69, 9.17) is 14.2 Å². The zero-order valence-electron chi connectivity index (χ0n) is 15.8. The molecular formula is C21H19BrO8. The molecular weight excluding hydrogens is 460 g/mol. The summed E-state index contributed by atoms with van der Waals surface area (Å²) < 4.78 is 21.0. The van der Waals surface area contributed by atoms with Crippen LogP contribution in [0.15, 0.2) is 60.7 Å². The molecule has 158 valence electrons. The van der Waals surface area contributed by atoms with E-state index >= 15 is 0 Å². The van der Waals surface area contributed by atoms with Gasteiger partial charge in [0.15, 0.2) is 23.3 Å². The van der Waals surface area contributed by atoms with Crippen LogP contribution in [0.25, 0.3) is 0 Å². The van der Waals surface area contributed by atoms with Crippen molar-refractivity contribution < 1.29 is 38.4 Å². The van der Waals surface area contributed by atoms with Gasteiger partial charge < -0.3 is 24.1 Å². The zero-order valence-corrected chi connectivity index (χ0v) is 17.4. The fourth-order valence-electron chi connectivity index (χ4n) is 2.91. The van der Waals surface area contributed by atoms with Crippen LogP contribution >= 0.6 is 15.9 Å². The Bertz CT molecular complexity index is 888.